The van der Waals surface area contributed by atoms with E-state index in [1.54, 1.807) is 4.57 Å². The van der Waals surface area contributed by atoms with E-state index in [4.69, 9.17) is 15.9 Å². The largest absolute Gasteiger partial charge is 0.486 e. The number of carbonyl (C=O) groups is 1. The third kappa shape index (κ3) is 4.23. The van der Waals surface area contributed by atoms with Crippen molar-refractivity contribution in [3.8, 4) is 23.8 Å². The highest BCUT2D eigenvalue weighted by molar-refractivity contribution is 7.92. The summed E-state index contributed by atoms with van der Waals surface area (Å²) in [5.41, 5.74) is 2.79. The molecule has 3 aromatic carbocycles. The molecule has 0 saturated heterocycles. The lowest BCUT2D eigenvalue weighted by molar-refractivity contribution is 0.0998. The highest BCUT2D eigenvalue weighted by atomic mass is 32.2. The van der Waals surface area contributed by atoms with Gasteiger partial charge in [-0.3, -0.25) is 9.10 Å². The molecule has 10 heteroatoms. The number of fused-ring (bicyclic) bond motifs is 3. The Morgan fingerprint density at radius 2 is 1.79 bits per heavy atom. The second kappa shape index (κ2) is 9.67. The lowest BCUT2D eigenvalue weighted by Crippen LogP contribution is -2.35. The molecule has 192 valence electrons. The summed E-state index contributed by atoms with van der Waals surface area (Å²) in [6, 6.07) is 17.1. The highest BCUT2D eigenvalue weighted by Crippen LogP contribution is 2.36. The van der Waals surface area contributed by atoms with Crippen LogP contribution in [-0.4, -0.2) is 38.7 Å². The summed E-state index contributed by atoms with van der Waals surface area (Å²) in [6.07, 6.45) is 7.19. The first-order valence-corrected chi connectivity index (χ1v) is 14.4. The van der Waals surface area contributed by atoms with E-state index >= 15 is 0 Å². The molecule has 4 aromatic rings. The van der Waals surface area contributed by atoms with Gasteiger partial charge < -0.3 is 14.0 Å². The van der Waals surface area contributed by atoms with Gasteiger partial charge in [0, 0.05) is 24.2 Å². The number of carbonyl (C=O) groups excluding carboxylic acids is 1. The van der Waals surface area contributed by atoms with E-state index in [0.29, 0.717) is 41.7 Å². The number of anilines is 1. The van der Waals surface area contributed by atoms with Gasteiger partial charge in [0.15, 0.2) is 16.3 Å². The van der Waals surface area contributed by atoms with Crippen LogP contribution in [0.2, 0.25) is 0 Å². The number of aromatic nitrogens is 1. The van der Waals surface area contributed by atoms with Gasteiger partial charge in [0.25, 0.3) is 15.9 Å². The van der Waals surface area contributed by atoms with E-state index in [2.05, 4.69) is 10.9 Å². The van der Waals surface area contributed by atoms with Crippen molar-refractivity contribution in [2.75, 3.05) is 24.1 Å². The zero-order valence-electron chi connectivity index (χ0n) is 20.3. The molecule has 1 aromatic heterocycles. The van der Waals surface area contributed by atoms with E-state index in [0.717, 1.165) is 28.6 Å². The topological polar surface area (TPSA) is 90.2 Å². The number of benzene rings is 3. The summed E-state index contributed by atoms with van der Waals surface area (Å²) in [7, 11) is -3.77. The Morgan fingerprint density at radius 3 is 2.55 bits per heavy atom. The second-order valence-electron chi connectivity index (χ2n) is 8.89. The van der Waals surface area contributed by atoms with Gasteiger partial charge in [0.1, 0.15) is 13.2 Å². The maximum absolute atomic E-state index is 13.4. The van der Waals surface area contributed by atoms with Crippen LogP contribution in [-0.2, 0) is 23.0 Å². The third-order valence-electron chi connectivity index (χ3n) is 6.55. The van der Waals surface area contributed by atoms with E-state index < -0.39 is 15.9 Å². The number of sulfonamides is 1. The number of hydrogen-bond donors (Lipinski definition) is 0. The molecule has 0 unspecified atom stereocenters. The van der Waals surface area contributed by atoms with Crippen molar-refractivity contribution >= 4 is 43.2 Å². The standard InChI is InChI=1S/C28H23N3O5S2/c1-2-13-30-23-17-24-25(36-16-15-35-24)18-26(23)37-28(30)29-27(32)20-9-11-21(12-10-20)38(33,34)31-14-5-7-19-6-3-4-8-22(19)31/h1,3-4,6,8-12,17-18H,5,7,13-16H2. The first kappa shape index (κ1) is 24.3. The van der Waals surface area contributed by atoms with Crippen molar-refractivity contribution in [1.29, 1.82) is 0 Å². The van der Waals surface area contributed by atoms with Crippen LogP contribution in [0.25, 0.3) is 10.2 Å². The predicted molar refractivity (Wildman–Crippen MR) is 145 cm³/mol. The molecule has 2 aliphatic rings. The average Bonchev–Trinajstić information content (AvgIpc) is 3.27. The van der Waals surface area contributed by atoms with Crippen LogP contribution >= 0.6 is 11.3 Å². The summed E-state index contributed by atoms with van der Waals surface area (Å²) in [5, 5.41) is 0. The number of thiazole rings is 1. The number of aryl methyl sites for hydroxylation is 1. The predicted octanol–water partition coefficient (Wildman–Crippen LogP) is 3.99. The minimum atomic E-state index is -3.77. The molecule has 2 aliphatic heterocycles. The molecule has 0 atom stereocenters. The molecule has 0 saturated carbocycles. The Kier molecular flexibility index (Phi) is 6.18. The van der Waals surface area contributed by atoms with Crippen LogP contribution in [0.3, 0.4) is 0 Å². The number of para-hydroxylation sites is 1. The Hall–Kier alpha value is -4.07. The van der Waals surface area contributed by atoms with Gasteiger partial charge in [-0.15, -0.1) is 6.42 Å². The summed E-state index contributed by atoms with van der Waals surface area (Å²) in [6.45, 7) is 1.57. The van der Waals surface area contributed by atoms with E-state index in [1.165, 1.54) is 39.9 Å². The van der Waals surface area contributed by atoms with Gasteiger partial charge in [-0.1, -0.05) is 35.5 Å². The van der Waals surface area contributed by atoms with Crippen LogP contribution in [0.15, 0.2) is 70.6 Å². The first-order valence-electron chi connectivity index (χ1n) is 12.1. The van der Waals surface area contributed by atoms with Crippen LogP contribution < -0.4 is 18.6 Å². The number of amides is 1. The van der Waals surface area contributed by atoms with Crippen LogP contribution in [0, 0.1) is 12.3 Å². The quantitative estimate of drug-likeness (QED) is 0.362. The van der Waals surface area contributed by atoms with Gasteiger partial charge in [-0.25, -0.2) is 8.42 Å². The first-order chi connectivity index (χ1) is 18.5. The zero-order chi connectivity index (χ0) is 26.3. The number of nitrogens with zero attached hydrogens (tertiary/aromatic N) is 3. The lowest BCUT2D eigenvalue weighted by atomic mass is 10.0. The average molecular weight is 546 g/mol. The molecule has 38 heavy (non-hydrogen) atoms. The molecule has 0 bridgehead atoms. The Labute approximate surface area is 223 Å². The lowest BCUT2D eigenvalue weighted by Gasteiger charge is -2.30. The molecule has 3 heterocycles. The van der Waals surface area contributed by atoms with Crippen LogP contribution in [0.1, 0.15) is 22.3 Å². The Bertz CT molecular complexity index is 1780. The van der Waals surface area contributed by atoms with E-state index in [1.807, 2.05) is 36.4 Å². The third-order valence-corrected chi connectivity index (χ3v) is 9.42. The van der Waals surface area contributed by atoms with Gasteiger partial charge in [0.2, 0.25) is 0 Å². The van der Waals surface area contributed by atoms with Gasteiger partial charge in [-0.2, -0.15) is 4.99 Å². The van der Waals surface area contributed by atoms with Gasteiger partial charge in [0.05, 0.1) is 27.3 Å². The maximum Gasteiger partial charge on any atom is 0.279 e. The number of rotatable bonds is 4. The Balaban J connectivity index is 1.33. The second-order valence-corrected chi connectivity index (χ2v) is 11.8. The molecule has 8 nitrogen and oxygen atoms in total. The van der Waals surface area contributed by atoms with Crippen molar-refractivity contribution < 1.29 is 22.7 Å². The smallest absolute Gasteiger partial charge is 0.279 e. The number of terminal acetylenes is 1. The minimum absolute atomic E-state index is 0.126. The molecule has 0 spiro atoms. The number of ether oxygens (including phenoxy) is 2. The van der Waals surface area contributed by atoms with Crippen molar-refractivity contribution in [2.24, 2.45) is 4.99 Å². The summed E-state index contributed by atoms with van der Waals surface area (Å²) in [5.74, 6) is 3.39. The normalized spacial score (nSPS) is 15.2. The van der Waals surface area contributed by atoms with E-state index in [-0.39, 0.29) is 17.0 Å². The maximum atomic E-state index is 13.4. The molecule has 0 radical (unpaired) electrons. The van der Waals surface area contributed by atoms with E-state index in [9.17, 15) is 13.2 Å². The Morgan fingerprint density at radius 1 is 1.05 bits per heavy atom. The van der Waals surface area contributed by atoms with Crippen molar-refractivity contribution in [3.05, 3.63) is 76.6 Å². The molecule has 0 fully saturated rings. The molecule has 6 rings (SSSR count). The summed E-state index contributed by atoms with van der Waals surface area (Å²) in [4.78, 5) is 18.0. The fraction of sp³-hybridized carbons (Fsp3) is 0.214. The van der Waals surface area contributed by atoms with Crippen LogP contribution in [0.4, 0.5) is 5.69 Å². The van der Waals surface area contributed by atoms with Gasteiger partial charge >= 0.3 is 0 Å². The molecule has 0 aliphatic carbocycles. The molecular formula is C28H23N3O5S2. The highest BCUT2D eigenvalue weighted by Gasteiger charge is 2.29. The van der Waals surface area contributed by atoms with Crippen molar-refractivity contribution in [1.82, 2.24) is 4.57 Å². The van der Waals surface area contributed by atoms with Crippen molar-refractivity contribution in [2.45, 2.75) is 24.3 Å². The molecule has 0 N–H and O–H groups in total. The fourth-order valence-electron chi connectivity index (χ4n) is 4.73. The van der Waals surface area contributed by atoms with Crippen molar-refractivity contribution in [3.63, 3.8) is 0 Å². The summed E-state index contributed by atoms with van der Waals surface area (Å²) >= 11 is 1.32. The number of hydrogen-bond acceptors (Lipinski definition) is 6. The fourth-order valence-corrected chi connectivity index (χ4v) is 7.31. The SMILES string of the molecule is C#CCn1c(=NC(=O)c2ccc(S(=O)(=O)N3CCCc4ccccc43)cc2)sc2cc3c(cc21)OCCO3. The van der Waals surface area contributed by atoms with Gasteiger partial charge in [-0.05, 0) is 48.7 Å². The molecular weight excluding hydrogens is 522 g/mol. The zero-order valence-corrected chi connectivity index (χ0v) is 21.9. The monoisotopic (exact) mass is 545 g/mol. The van der Waals surface area contributed by atoms with Crippen LogP contribution in [0.5, 0.6) is 11.5 Å². The minimum Gasteiger partial charge on any atom is -0.486 e. The summed E-state index contributed by atoms with van der Waals surface area (Å²) < 4.78 is 42.3. The molecule has 1 amide bonds.